The minimum absolute atomic E-state index is 0.225. The van der Waals surface area contributed by atoms with E-state index in [9.17, 15) is 8.42 Å². The average molecular weight is 305 g/mol. The third-order valence-corrected chi connectivity index (χ3v) is 4.68. The largest absolute Gasteiger partial charge is 0.399 e. The minimum Gasteiger partial charge on any atom is -0.399 e. The van der Waals surface area contributed by atoms with Gasteiger partial charge in [-0.25, -0.2) is 18.1 Å². The third kappa shape index (κ3) is 2.76. The summed E-state index contributed by atoms with van der Waals surface area (Å²) in [5.74, 6) is 0. The van der Waals surface area contributed by atoms with E-state index in [-0.39, 0.29) is 4.90 Å². The van der Waals surface area contributed by atoms with E-state index in [4.69, 9.17) is 5.73 Å². The zero-order valence-corrected chi connectivity index (χ0v) is 12.0. The Morgan fingerprint density at radius 3 is 3.00 bits per heavy atom. The number of nitrogen functional groups attached to an aromatic ring is 1. The lowest BCUT2D eigenvalue weighted by molar-refractivity contribution is 0.573. The molecular weight excluding hydrogens is 290 g/mol. The number of anilines is 1. The number of imidazole rings is 1. The van der Waals surface area contributed by atoms with E-state index >= 15 is 0 Å². The van der Waals surface area contributed by atoms with Crippen molar-refractivity contribution in [2.75, 3.05) is 12.3 Å². The van der Waals surface area contributed by atoms with Crippen molar-refractivity contribution in [1.82, 2.24) is 19.3 Å². The number of rotatable bonds is 5. The van der Waals surface area contributed by atoms with Gasteiger partial charge in [-0.15, -0.1) is 0 Å². The molecule has 3 rings (SSSR count). The second kappa shape index (κ2) is 5.23. The fourth-order valence-corrected chi connectivity index (χ4v) is 3.34. The van der Waals surface area contributed by atoms with E-state index in [0.717, 1.165) is 0 Å². The predicted octanol–water partition coefficient (Wildman–Crippen LogP) is 0.925. The second-order valence-electron chi connectivity index (χ2n) is 4.66. The molecule has 0 spiro atoms. The summed E-state index contributed by atoms with van der Waals surface area (Å²) in [6.45, 7) is 0.814. The lowest BCUT2D eigenvalue weighted by Crippen LogP contribution is -2.27. The van der Waals surface area contributed by atoms with Crippen LogP contribution < -0.4 is 10.5 Å². The zero-order valence-electron chi connectivity index (χ0n) is 11.2. The molecule has 0 unspecified atom stereocenters. The Morgan fingerprint density at radius 1 is 1.38 bits per heavy atom. The van der Waals surface area contributed by atoms with Crippen molar-refractivity contribution in [2.45, 2.75) is 11.4 Å². The van der Waals surface area contributed by atoms with Gasteiger partial charge in [0.25, 0.3) is 0 Å². The van der Waals surface area contributed by atoms with Crippen molar-refractivity contribution in [3.05, 3.63) is 43.1 Å². The van der Waals surface area contributed by atoms with Gasteiger partial charge in [-0.1, -0.05) is 0 Å². The number of aromatic nitrogens is 3. The summed E-state index contributed by atoms with van der Waals surface area (Å²) in [6.07, 6.45) is 6.55. The van der Waals surface area contributed by atoms with Crippen molar-refractivity contribution in [2.24, 2.45) is 0 Å². The summed E-state index contributed by atoms with van der Waals surface area (Å²) >= 11 is 0. The van der Waals surface area contributed by atoms with Crippen LogP contribution in [-0.4, -0.2) is 29.5 Å². The molecule has 0 aliphatic carbocycles. The Hall–Kier alpha value is -2.32. The third-order valence-electron chi connectivity index (χ3n) is 3.18. The van der Waals surface area contributed by atoms with Gasteiger partial charge in [0.1, 0.15) is 4.90 Å². The molecule has 0 aliphatic rings. The van der Waals surface area contributed by atoms with Crippen molar-refractivity contribution >= 4 is 26.6 Å². The molecule has 0 bridgehead atoms. The molecule has 110 valence electrons. The molecule has 0 saturated heterocycles. The fraction of sp³-hybridized carbons (Fsp3) is 0.154. The fourth-order valence-electron chi connectivity index (χ4n) is 2.15. The number of nitrogens with two attached hydrogens (primary N) is 1. The van der Waals surface area contributed by atoms with Gasteiger partial charge in [0.15, 0.2) is 0 Å². The van der Waals surface area contributed by atoms with Crippen molar-refractivity contribution in [3.63, 3.8) is 0 Å². The maximum Gasteiger partial charge on any atom is 0.242 e. The molecule has 7 nitrogen and oxygen atoms in total. The van der Waals surface area contributed by atoms with Crippen LogP contribution in [0.15, 0.2) is 48.0 Å². The highest BCUT2D eigenvalue weighted by Gasteiger charge is 2.18. The minimum atomic E-state index is -3.57. The smallest absolute Gasteiger partial charge is 0.242 e. The number of hydrogen-bond donors (Lipinski definition) is 3. The number of benzene rings is 1. The summed E-state index contributed by atoms with van der Waals surface area (Å²) in [4.78, 5) is 7.06. The molecule has 4 N–H and O–H groups in total. The first-order valence-electron chi connectivity index (χ1n) is 6.38. The van der Waals surface area contributed by atoms with E-state index in [0.29, 0.717) is 29.7 Å². The summed E-state index contributed by atoms with van der Waals surface area (Å²) < 4.78 is 29.0. The first kappa shape index (κ1) is 13.7. The molecule has 8 heteroatoms. The van der Waals surface area contributed by atoms with Gasteiger partial charge >= 0.3 is 0 Å². The average Bonchev–Trinajstić information content (AvgIpc) is 3.06. The normalized spacial score (nSPS) is 12.0. The molecule has 1 aromatic carbocycles. The highest BCUT2D eigenvalue weighted by molar-refractivity contribution is 7.89. The van der Waals surface area contributed by atoms with Crippen LogP contribution in [-0.2, 0) is 16.6 Å². The number of sulfonamides is 1. The zero-order chi connectivity index (χ0) is 14.9. The van der Waals surface area contributed by atoms with Crippen molar-refractivity contribution < 1.29 is 8.42 Å². The second-order valence-corrected chi connectivity index (χ2v) is 6.39. The van der Waals surface area contributed by atoms with Crippen LogP contribution >= 0.6 is 0 Å². The maximum atomic E-state index is 12.3. The molecular formula is C13H15N5O2S. The molecule has 2 heterocycles. The number of hydrogen-bond acceptors (Lipinski definition) is 4. The molecule has 0 atom stereocenters. The van der Waals surface area contributed by atoms with Crippen LogP contribution in [0.2, 0.25) is 0 Å². The monoisotopic (exact) mass is 305 g/mol. The van der Waals surface area contributed by atoms with E-state index < -0.39 is 10.0 Å². The molecule has 0 fully saturated rings. The number of nitrogens with zero attached hydrogens (tertiary/aromatic N) is 2. The molecule has 0 aliphatic heterocycles. The van der Waals surface area contributed by atoms with Gasteiger partial charge in [0.2, 0.25) is 10.0 Å². The van der Waals surface area contributed by atoms with E-state index in [2.05, 4.69) is 14.7 Å². The topological polar surface area (TPSA) is 106 Å². The first-order valence-corrected chi connectivity index (χ1v) is 7.86. The van der Waals surface area contributed by atoms with Gasteiger partial charge in [0.05, 0.1) is 6.33 Å². The van der Waals surface area contributed by atoms with E-state index in [1.165, 1.54) is 6.20 Å². The maximum absolute atomic E-state index is 12.3. The highest BCUT2D eigenvalue weighted by atomic mass is 32.2. The van der Waals surface area contributed by atoms with Gasteiger partial charge in [-0.3, -0.25) is 0 Å². The number of fused-ring (bicyclic) bond motifs is 1. The van der Waals surface area contributed by atoms with E-state index in [1.807, 2.05) is 0 Å². The van der Waals surface area contributed by atoms with Gasteiger partial charge < -0.3 is 15.3 Å². The van der Waals surface area contributed by atoms with E-state index in [1.54, 1.807) is 41.5 Å². The Bertz CT molecular complexity index is 852. The van der Waals surface area contributed by atoms with Crippen LogP contribution in [0, 0.1) is 0 Å². The van der Waals surface area contributed by atoms with Gasteiger partial charge in [0, 0.05) is 48.3 Å². The summed E-state index contributed by atoms with van der Waals surface area (Å²) in [5, 5.41) is 0.624. The Balaban J connectivity index is 1.80. The first-order chi connectivity index (χ1) is 10.1. The quantitative estimate of drug-likeness (QED) is 0.609. The Labute approximate surface area is 121 Å². The number of aromatic amines is 1. The molecule has 0 saturated carbocycles. The van der Waals surface area contributed by atoms with Crippen LogP contribution in [0.1, 0.15) is 0 Å². The molecule has 2 aromatic heterocycles. The lowest BCUT2D eigenvalue weighted by atomic mass is 10.2. The lowest BCUT2D eigenvalue weighted by Gasteiger charge is -2.06. The van der Waals surface area contributed by atoms with Gasteiger partial charge in [-0.05, 0) is 18.2 Å². The summed E-state index contributed by atoms with van der Waals surface area (Å²) in [6, 6.07) is 5.09. The van der Waals surface area contributed by atoms with Crippen molar-refractivity contribution in [3.8, 4) is 0 Å². The van der Waals surface area contributed by atoms with Gasteiger partial charge in [-0.2, -0.15) is 0 Å². The Kier molecular flexibility index (Phi) is 3.40. The van der Waals surface area contributed by atoms with Crippen LogP contribution in [0.5, 0.6) is 0 Å². The summed E-state index contributed by atoms with van der Waals surface area (Å²) in [7, 11) is -3.57. The molecule has 21 heavy (non-hydrogen) atoms. The van der Waals surface area contributed by atoms with Crippen LogP contribution in [0.3, 0.4) is 0 Å². The Morgan fingerprint density at radius 2 is 2.24 bits per heavy atom. The molecule has 0 radical (unpaired) electrons. The summed E-state index contributed by atoms with van der Waals surface area (Å²) in [5.41, 5.74) is 6.97. The SMILES string of the molecule is Nc1ccc2c(S(=O)(=O)NCCn3ccnc3)c[nH]c2c1. The molecule has 0 amide bonds. The predicted molar refractivity (Wildman–Crippen MR) is 80.1 cm³/mol. The van der Waals surface area contributed by atoms with Crippen LogP contribution in [0.4, 0.5) is 5.69 Å². The molecule has 3 aromatic rings. The number of H-pyrrole nitrogens is 1. The van der Waals surface area contributed by atoms with Crippen LogP contribution in [0.25, 0.3) is 10.9 Å². The highest BCUT2D eigenvalue weighted by Crippen LogP contribution is 2.24. The van der Waals surface area contributed by atoms with Crippen molar-refractivity contribution in [1.29, 1.82) is 0 Å². The number of nitrogens with one attached hydrogen (secondary N) is 2. The standard InChI is InChI=1S/C13H15N5O2S/c14-10-1-2-11-12(7-10)16-8-13(11)21(19,20)17-4-6-18-5-3-15-9-18/h1-3,5,7-9,16-17H,4,6,14H2.